The van der Waals surface area contributed by atoms with Gasteiger partial charge in [0, 0.05) is 30.4 Å². The van der Waals surface area contributed by atoms with Crippen LogP contribution in [-0.2, 0) is 9.59 Å². The zero-order valence-corrected chi connectivity index (χ0v) is 16.3. The highest BCUT2D eigenvalue weighted by molar-refractivity contribution is 6.32. The van der Waals surface area contributed by atoms with Crippen LogP contribution in [-0.4, -0.2) is 32.1 Å². The van der Waals surface area contributed by atoms with E-state index in [0.29, 0.717) is 33.6 Å². The van der Waals surface area contributed by atoms with Crippen LogP contribution in [0.5, 0.6) is 11.5 Å². The van der Waals surface area contributed by atoms with E-state index in [9.17, 15) is 9.59 Å². The van der Waals surface area contributed by atoms with E-state index in [1.165, 1.54) is 21.1 Å². The van der Waals surface area contributed by atoms with Gasteiger partial charge in [-0.05, 0) is 31.2 Å². The first-order valence-corrected chi connectivity index (χ1v) is 8.58. The molecule has 0 aliphatic rings. The van der Waals surface area contributed by atoms with Gasteiger partial charge in [-0.1, -0.05) is 11.6 Å². The molecule has 0 aliphatic carbocycles. The summed E-state index contributed by atoms with van der Waals surface area (Å²) in [6.45, 7) is 3.16. The van der Waals surface area contributed by atoms with Gasteiger partial charge in [0.2, 0.25) is 11.8 Å². The second-order valence-electron chi connectivity index (χ2n) is 5.80. The van der Waals surface area contributed by atoms with Crippen LogP contribution in [0.15, 0.2) is 36.4 Å². The molecule has 0 saturated heterocycles. The third-order valence-corrected chi connectivity index (χ3v) is 4.01. The van der Waals surface area contributed by atoms with Crippen molar-refractivity contribution in [2.45, 2.75) is 19.9 Å². The SMILES string of the molecule is COc1cc(N[C@@H](C)C(=O)Nc2ccc(NC(C)=O)cc2)c(OC)cc1Cl. The summed E-state index contributed by atoms with van der Waals surface area (Å²) in [6.07, 6.45) is 0. The number of nitrogens with one attached hydrogen (secondary N) is 3. The van der Waals surface area contributed by atoms with Gasteiger partial charge in [0.05, 0.1) is 24.9 Å². The molecular formula is C19H22ClN3O4. The average molecular weight is 392 g/mol. The van der Waals surface area contributed by atoms with E-state index in [1.807, 2.05) is 0 Å². The Morgan fingerprint density at radius 3 is 2.04 bits per heavy atom. The number of carbonyl (C=O) groups is 2. The van der Waals surface area contributed by atoms with Crippen molar-refractivity contribution in [2.75, 3.05) is 30.2 Å². The lowest BCUT2D eigenvalue weighted by atomic mass is 10.2. The van der Waals surface area contributed by atoms with Crippen molar-refractivity contribution in [1.29, 1.82) is 0 Å². The van der Waals surface area contributed by atoms with Crippen LogP contribution < -0.4 is 25.4 Å². The molecule has 0 saturated carbocycles. The number of rotatable bonds is 7. The largest absolute Gasteiger partial charge is 0.495 e. The minimum Gasteiger partial charge on any atom is -0.495 e. The molecule has 8 heteroatoms. The molecule has 2 amide bonds. The third-order valence-electron chi connectivity index (χ3n) is 3.71. The summed E-state index contributed by atoms with van der Waals surface area (Å²) in [7, 11) is 3.03. The Morgan fingerprint density at radius 2 is 1.52 bits per heavy atom. The highest BCUT2D eigenvalue weighted by atomic mass is 35.5. The van der Waals surface area contributed by atoms with Crippen molar-refractivity contribution in [2.24, 2.45) is 0 Å². The van der Waals surface area contributed by atoms with Gasteiger partial charge < -0.3 is 25.4 Å². The molecule has 27 heavy (non-hydrogen) atoms. The highest BCUT2D eigenvalue weighted by Crippen LogP contribution is 2.36. The normalized spacial score (nSPS) is 11.3. The molecule has 0 aromatic heterocycles. The van der Waals surface area contributed by atoms with Crippen LogP contribution in [0.2, 0.25) is 5.02 Å². The average Bonchev–Trinajstić information content (AvgIpc) is 2.63. The first kappa shape index (κ1) is 20.4. The molecule has 0 unspecified atom stereocenters. The molecule has 0 spiro atoms. The van der Waals surface area contributed by atoms with Crippen LogP contribution in [0.4, 0.5) is 17.1 Å². The molecule has 7 nitrogen and oxygen atoms in total. The predicted octanol–water partition coefficient (Wildman–Crippen LogP) is 3.75. The quantitative estimate of drug-likeness (QED) is 0.668. The van der Waals surface area contributed by atoms with E-state index >= 15 is 0 Å². The summed E-state index contributed by atoms with van der Waals surface area (Å²) in [5.74, 6) is 0.580. The standard InChI is InChI=1S/C19H22ClN3O4/c1-11(21-16-10-17(26-3)15(20)9-18(16)27-4)19(25)23-14-7-5-13(6-8-14)22-12(2)24/h5-11,21H,1-4H3,(H,22,24)(H,23,25)/t11-/m0/s1. The van der Waals surface area contributed by atoms with Crippen LogP contribution in [0.3, 0.4) is 0 Å². The van der Waals surface area contributed by atoms with Crippen LogP contribution in [0, 0.1) is 0 Å². The van der Waals surface area contributed by atoms with Gasteiger partial charge in [-0.25, -0.2) is 0 Å². The Kier molecular flexibility index (Phi) is 6.90. The van der Waals surface area contributed by atoms with E-state index in [2.05, 4.69) is 16.0 Å². The Morgan fingerprint density at radius 1 is 0.963 bits per heavy atom. The smallest absolute Gasteiger partial charge is 0.246 e. The van der Waals surface area contributed by atoms with Gasteiger partial charge in [0.25, 0.3) is 0 Å². The number of amides is 2. The number of benzene rings is 2. The maximum atomic E-state index is 12.5. The molecule has 0 heterocycles. The van der Waals surface area contributed by atoms with Crippen molar-refractivity contribution >= 4 is 40.5 Å². The van der Waals surface area contributed by atoms with Crippen LogP contribution in [0.1, 0.15) is 13.8 Å². The summed E-state index contributed by atoms with van der Waals surface area (Å²) < 4.78 is 10.5. The molecule has 144 valence electrons. The molecule has 3 N–H and O–H groups in total. The van der Waals surface area contributed by atoms with Gasteiger partial charge in [0.1, 0.15) is 17.5 Å². The number of hydrogen-bond donors (Lipinski definition) is 3. The first-order valence-electron chi connectivity index (χ1n) is 8.20. The van der Waals surface area contributed by atoms with E-state index in [1.54, 1.807) is 43.3 Å². The Balaban J connectivity index is 2.06. The monoisotopic (exact) mass is 391 g/mol. The van der Waals surface area contributed by atoms with Gasteiger partial charge in [-0.3, -0.25) is 9.59 Å². The van der Waals surface area contributed by atoms with Crippen molar-refractivity contribution in [3.63, 3.8) is 0 Å². The number of anilines is 3. The first-order chi connectivity index (χ1) is 12.8. The topological polar surface area (TPSA) is 88.7 Å². The second kappa shape index (κ2) is 9.14. The van der Waals surface area contributed by atoms with Gasteiger partial charge in [0.15, 0.2) is 0 Å². The summed E-state index contributed by atoms with van der Waals surface area (Å²) >= 11 is 6.09. The zero-order valence-electron chi connectivity index (χ0n) is 15.6. The molecular weight excluding hydrogens is 370 g/mol. The number of carbonyl (C=O) groups excluding carboxylic acids is 2. The minimum absolute atomic E-state index is 0.156. The van der Waals surface area contributed by atoms with Gasteiger partial charge in [-0.15, -0.1) is 0 Å². The second-order valence-corrected chi connectivity index (χ2v) is 6.21. The fourth-order valence-corrected chi connectivity index (χ4v) is 2.59. The third kappa shape index (κ3) is 5.52. The maximum absolute atomic E-state index is 12.5. The summed E-state index contributed by atoms with van der Waals surface area (Å²) in [5.41, 5.74) is 1.86. The molecule has 2 aromatic carbocycles. The van der Waals surface area contributed by atoms with E-state index in [0.717, 1.165) is 0 Å². The van der Waals surface area contributed by atoms with Crippen LogP contribution in [0.25, 0.3) is 0 Å². The van der Waals surface area contributed by atoms with Crippen molar-refractivity contribution in [3.8, 4) is 11.5 Å². The maximum Gasteiger partial charge on any atom is 0.246 e. The van der Waals surface area contributed by atoms with E-state index in [4.69, 9.17) is 21.1 Å². The van der Waals surface area contributed by atoms with Gasteiger partial charge >= 0.3 is 0 Å². The molecule has 1 atom stereocenters. The lowest BCUT2D eigenvalue weighted by molar-refractivity contribution is -0.116. The number of halogens is 1. The Bertz CT molecular complexity index is 824. The Hall–Kier alpha value is -2.93. The fourth-order valence-electron chi connectivity index (χ4n) is 2.36. The molecule has 0 aliphatic heterocycles. The summed E-state index contributed by atoms with van der Waals surface area (Å²) in [5, 5.41) is 8.98. The predicted molar refractivity (Wildman–Crippen MR) is 107 cm³/mol. The Labute approximate surface area is 163 Å². The molecule has 0 radical (unpaired) electrons. The van der Waals surface area contributed by atoms with E-state index < -0.39 is 6.04 Å². The fraction of sp³-hybridized carbons (Fsp3) is 0.263. The highest BCUT2D eigenvalue weighted by Gasteiger charge is 2.17. The lowest BCUT2D eigenvalue weighted by Crippen LogP contribution is -2.32. The number of ether oxygens (including phenoxy) is 2. The lowest BCUT2D eigenvalue weighted by Gasteiger charge is -2.18. The van der Waals surface area contributed by atoms with Crippen LogP contribution >= 0.6 is 11.6 Å². The summed E-state index contributed by atoms with van der Waals surface area (Å²) in [6, 6.07) is 9.58. The van der Waals surface area contributed by atoms with Crippen molar-refractivity contribution in [1.82, 2.24) is 0 Å². The molecule has 0 bridgehead atoms. The summed E-state index contributed by atoms with van der Waals surface area (Å²) in [4.78, 5) is 23.5. The molecule has 2 aromatic rings. The minimum atomic E-state index is -0.556. The zero-order chi connectivity index (χ0) is 20.0. The van der Waals surface area contributed by atoms with Crippen molar-refractivity contribution in [3.05, 3.63) is 41.4 Å². The van der Waals surface area contributed by atoms with E-state index in [-0.39, 0.29) is 11.8 Å². The molecule has 2 rings (SSSR count). The van der Waals surface area contributed by atoms with Gasteiger partial charge in [-0.2, -0.15) is 0 Å². The number of hydrogen-bond acceptors (Lipinski definition) is 5. The number of methoxy groups -OCH3 is 2. The van der Waals surface area contributed by atoms with Crippen molar-refractivity contribution < 1.29 is 19.1 Å². The molecule has 0 fully saturated rings.